The first-order chi connectivity index (χ1) is 7.35. The van der Waals surface area contributed by atoms with Crippen LogP contribution in [0.4, 0.5) is 0 Å². The third-order valence-corrected chi connectivity index (χ3v) is 2.21. The van der Waals surface area contributed by atoms with Crippen LogP contribution in [0.1, 0.15) is 10.4 Å². The number of rotatable bonds is 3. The third-order valence-electron chi connectivity index (χ3n) is 2.21. The molecular weight excluding hydrogens is 192 g/mol. The number of carbonyl (C=O) groups excluding carboxylic acids is 1. The molecule has 1 aromatic carbocycles. The highest BCUT2D eigenvalue weighted by atomic mass is 16.5. The normalized spacial score (nSPS) is 9.93. The van der Waals surface area contributed by atoms with Gasteiger partial charge in [0.2, 0.25) is 0 Å². The molecule has 1 heterocycles. The quantitative estimate of drug-likeness (QED) is 0.718. The fraction of sp³-hybridized carbons (Fsp3) is 0.0833. The van der Waals surface area contributed by atoms with Gasteiger partial charge in [0.1, 0.15) is 5.75 Å². The van der Waals surface area contributed by atoms with Crippen molar-refractivity contribution in [2.75, 3.05) is 7.11 Å². The molecule has 2 aromatic rings. The van der Waals surface area contributed by atoms with Gasteiger partial charge in [-0.05, 0) is 23.8 Å². The Hall–Kier alpha value is -2.03. The number of carbonyl (C=O) groups is 1. The number of ether oxygens (including phenoxy) is 1. The van der Waals surface area contributed by atoms with Gasteiger partial charge in [-0.2, -0.15) is 0 Å². The van der Waals surface area contributed by atoms with Crippen molar-refractivity contribution >= 4 is 6.29 Å². The highest BCUT2D eigenvalue weighted by Gasteiger charge is 2.05. The van der Waals surface area contributed by atoms with Crippen molar-refractivity contribution in [3.05, 3.63) is 42.4 Å². The van der Waals surface area contributed by atoms with E-state index in [0.29, 0.717) is 11.3 Å². The Labute approximate surface area is 87.3 Å². The fourth-order valence-electron chi connectivity index (χ4n) is 1.42. The molecule has 0 saturated heterocycles. The standard InChI is InChI=1S/C12H10O3/c1-14-12-6-9(2-3-10(12)7-13)11-4-5-15-8-11/h2-8H,1H3. The summed E-state index contributed by atoms with van der Waals surface area (Å²) in [7, 11) is 1.54. The van der Waals surface area contributed by atoms with E-state index < -0.39 is 0 Å². The van der Waals surface area contributed by atoms with E-state index >= 15 is 0 Å². The molecule has 3 heteroatoms. The summed E-state index contributed by atoms with van der Waals surface area (Å²) in [6, 6.07) is 7.26. The SMILES string of the molecule is COc1cc(-c2ccoc2)ccc1C=O. The minimum absolute atomic E-state index is 0.546. The van der Waals surface area contributed by atoms with Crippen LogP contribution in [-0.2, 0) is 0 Å². The van der Waals surface area contributed by atoms with E-state index in [-0.39, 0.29) is 0 Å². The van der Waals surface area contributed by atoms with Crippen molar-refractivity contribution in [1.29, 1.82) is 0 Å². The van der Waals surface area contributed by atoms with Gasteiger partial charge in [0.15, 0.2) is 6.29 Å². The maximum Gasteiger partial charge on any atom is 0.153 e. The highest BCUT2D eigenvalue weighted by Crippen LogP contribution is 2.26. The molecule has 0 radical (unpaired) electrons. The Morgan fingerprint density at radius 3 is 2.73 bits per heavy atom. The van der Waals surface area contributed by atoms with Crippen LogP contribution in [0.3, 0.4) is 0 Å². The van der Waals surface area contributed by atoms with Crippen molar-refractivity contribution in [2.24, 2.45) is 0 Å². The molecule has 0 N–H and O–H groups in total. The first-order valence-corrected chi connectivity index (χ1v) is 4.51. The van der Waals surface area contributed by atoms with Gasteiger partial charge in [-0.3, -0.25) is 4.79 Å². The number of furan rings is 1. The third kappa shape index (κ3) is 1.76. The van der Waals surface area contributed by atoms with Crippen LogP contribution in [0.15, 0.2) is 41.2 Å². The maximum atomic E-state index is 10.7. The summed E-state index contributed by atoms with van der Waals surface area (Å²) in [6.45, 7) is 0. The Morgan fingerprint density at radius 2 is 2.13 bits per heavy atom. The number of hydrogen-bond acceptors (Lipinski definition) is 3. The molecule has 0 saturated carbocycles. The molecule has 0 amide bonds. The summed E-state index contributed by atoms with van der Waals surface area (Å²) in [5.74, 6) is 0.573. The molecule has 76 valence electrons. The lowest BCUT2D eigenvalue weighted by Gasteiger charge is -2.05. The highest BCUT2D eigenvalue weighted by molar-refractivity contribution is 5.81. The predicted molar refractivity (Wildman–Crippen MR) is 56.1 cm³/mol. The van der Waals surface area contributed by atoms with E-state index in [9.17, 15) is 4.79 Å². The first kappa shape index (κ1) is 9.52. The summed E-state index contributed by atoms with van der Waals surface area (Å²) in [6.07, 6.45) is 4.03. The molecular formula is C12H10O3. The van der Waals surface area contributed by atoms with Gasteiger partial charge >= 0.3 is 0 Å². The van der Waals surface area contributed by atoms with Crippen molar-refractivity contribution in [1.82, 2.24) is 0 Å². The summed E-state index contributed by atoms with van der Waals surface area (Å²) in [4.78, 5) is 10.7. The number of benzene rings is 1. The maximum absolute atomic E-state index is 10.7. The van der Waals surface area contributed by atoms with Gasteiger partial charge in [0.05, 0.1) is 25.2 Å². The molecule has 0 bridgehead atoms. The Balaban J connectivity index is 2.48. The molecule has 3 nitrogen and oxygen atoms in total. The molecule has 1 aromatic heterocycles. The molecule has 0 aliphatic heterocycles. The second kappa shape index (κ2) is 4.00. The molecule has 0 unspecified atom stereocenters. The number of hydrogen-bond donors (Lipinski definition) is 0. The molecule has 0 aliphatic rings. The first-order valence-electron chi connectivity index (χ1n) is 4.51. The molecule has 0 spiro atoms. The second-order valence-corrected chi connectivity index (χ2v) is 3.09. The Bertz CT molecular complexity index is 458. The molecule has 2 rings (SSSR count). The van der Waals surface area contributed by atoms with Crippen molar-refractivity contribution in [2.45, 2.75) is 0 Å². The average molecular weight is 202 g/mol. The lowest BCUT2D eigenvalue weighted by Crippen LogP contribution is -1.90. The summed E-state index contributed by atoms with van der Waals surface area (Å²) in [5, 5.41) is 0. The average Bonchev–Trinajstić information content (AvgIpc) is 2.81. The van der Waals surface area contributed by atoms with Crippen molar-refractivity contribution in [3.63, 3.8) is 0 Å². The van der Waals surface area contributed by atoms with Gasteiger partial charge in [0.25, 0.3) is 0 Å². The minimum atomic E-state index is 0.546. The van der Waals surface area contributed by atoms with Crippen LogP contribution in [0.5, 0.6) is 5.75 Å². The van der Waals surface area contributed by atoms with Crippen LogP contribution in [0.2, 0.25) is 0 Å². The smallest absolute Gasteiger partial charge is 0.153 e. The summed E-state index contributed by atoms with van der Waals surface area (Å²) >= 11 is 0. The van der Waals surface area contributed by atoms with Crippen molar-refractivity contribution in [3.8, 4) is 16.9 Å². The van der Waals surface area contributed by atoms with Crippen LogP contribution in [-0.4, -0.2) is 13.4 Å². The largest absolute Gasteiger partial charge is 0.496 e. The molecule has 0 atom stereocenters. The van der Waals surface area contributed by atoms with Gasteiger partial charge in [-0.15, -0.1) is 0 Å². The van der Waals surface area contributed by atoms with Crippen LogP contribution >= 0.6 is 0 Å². The zero-order chi connectivity index (χ0) is 10.7. The van der Waals surface area contributed by atoms with Crippen LogP contribution in [0, 0.1) is 0 Å². The zero-order valence-electron chi connectivity index (χ0n) is 8.27. The van der Waals surface area contributed by atoms with Crippen LogP contribution in [0.25, 0.3) is 11.1 Å². The van der Waals surface area contributed by atoms with E-state index in [2.05, 4.69) is 0 Å². The molecule has 15 heavy (non-hydrogen) atoms. The van der Waals surface area contributed by atoms with Crippen LogP contribution < -0.4 is 4.74 Å². The topological polar surface area (TPSA) is 39.4 Å². The van der Waals surface area contributed by atoms with E-state index in [1.165, 1.54) is 0 Å². The summed E-state index contributed by atoms with van der Waals surface area (Å²) < 4.78 is 10.1. The minimum Gasteiger partial charge on any atom is -0.496 e. The Kier molecular flexibility index (Phi) is 2.54. The summed E-state index contributed by atoms with van der Waals surface area (Å²) in [5.41, 5.74) is 2.47. The monoisotopic (exact) mass is 202 g/mol. The second-order valence-electron chi connectivity index (χ2n) is 3.09. The van der Waals surface area contributed by atoms with Crippen molar-refractivity contribution < 1.29 is 13.9 Å². The molecule has 0 fully saturated rings. The lowest BCUT2D eigenvalue weighted by atomic mass is 10.1. The lowest BCUT2D eigenvalue weighted by molar-refractivity contribution is 0.112. The van der Waals surface area contributed by atoms with Gasteiger partial charge in [-0.25, -0.2) is 0 Å². The van der Waals surface area contributed by atoms with Gasteiger partial charge in [0, 0.05) is 5.56 Å². The van der Waals surface area contributed by atoms with Gasteiger partial charge < -0.3 is 9.15 Å². The molecule has 0 aliphatic carbocycles. The number of aldehydes is 1. The van der Waals surface area contributed by atoms with E-state index in [4.69, 9.17) is 9.15 Å². The zero-order valence-corrected chi connectivity index (χ0v) is 8.27. The fourth-order valence-corrected chi connectivity index (χ4v) is 1.42. The Morgan fingerprint density at radius 1 is 1.27 bits per heavy atom. The number of methoxy groups -OCH3 is 1. The predicted octanol–water partition coefficient (Wildman–Crippen LogP) is 2.77. The van der Waals surface area contributed by atoms with E-state index in [1.54, 1.807) is 25.7 Å². The van der Waals surface area contributed by atoms with E-state index in [0.717, 1.165) is 17.4 Å². The van der Waals surface area contributed by atoms with Gasteiger partial charge in [-0.1, -0.05) is 6.07 Å². The van der Waals surface area contributed by atoms with E-state index in [1.807, 2.05) is 18.2 Å².